The fourth-order valence-electron chi connectivity index (χ4n) is 2.85. The van der Waals surface area contributed by atoms with Gasteiger partial charge in [-0.15, -0.1) is 0 Å². The van der Waals surface area contributed by atoms with Crippen molar-refractivity contribution in [2.45, 2.75) is 17.2 Å². The second kappa shape index (κ2) is 8.31. The van der Waals surface area contributed by atoms with Crippen LogP contribution >= 0.6 is 11.8 Å². The van der Waals surface area contributed by atoms with Crippen LogP contribution in [0.25, 0.3) is 11.1 Å². The second-order valence-electron chi connectivity index (χ2n) is 6.48. The number of rotatable bonds is 5. The van der Waals surface area contributed by atoms with Gasteiger partial charge in [-0.05, 0) is 29.8 Å². The normalized spacial score (nSPS) is 11.6. The number of carbonyl (C=O) groups is 1. The molecule has 2 aromatic carbocycles. The molecule has 0 radical (unpaired) electrons. The molecule has 0 bridgehead atoms. The van der Waals surface area contributed by atoms with Crippen molar-refractivity contribution in [2.24, 2.45) is 0 Å². The molecular weight excluding hydrogens is 431 g/mol. The van der Waals surface area contributed by atoms with Gasteiger partial charge in [-0.3, -0.25) is 9.59 Å². The molecule has 2 aromatic heterocycles. The molecule has 2 N–H and O–H groups in total. The monoisotopic (exact) mass is 445 g/mol. The van der Waals surface area contributed by atoms with E-state index in [4.69, 9.17) is 4.42 Å². The van der Waals surface area contributed by atoms with Crippen LogP contribution in [0.1, 0.15) is 21.5 Å². The number of para-hydroxylation sites is 2. The van der Waals surface area contributed by atoms with Gasteiger partial charge in [-0.25, -0.2) is 4.98 Å². The lowest BCUT2D eigenvalue weighted by Crippen LogP contribution is -2.22. The molecule has 0 saturated carbocycles. The number of aromatic amines is 1. The molecule has 4 aromatic rings. The van der Waals surface area contributed by atoms with Crippen molar-refractivity contribution in [2.75, 3.05) is 5.32 Å². The van der Waals surface area contributed by atoms with E-state index in [0.29, 0.717) is 39.9 Å². The Morgan fingerprint density at radius 2 is 1.87 bits per heavy atom. The summed E-state index contributed by atoms with van der Waals surface area (Å²) in [5, 5.41) is 2.69. The largest absolute Gasteiger partial charge is 0.431 e. The van der Waals surface area contributed by atoms with Gasteiger partial charge in [-0.1, -0.05) is 42.1 Å². The van der Waals surface area contributed by atoms with E-state index >= 15 is 0 Å². The maximum atomic E-state index is 12.9. The van der Waals surface area contributed by atoms with Gasteiger partial charge in [0.1, 0.15) is 11.2 Å². The summed E-state index contributed by atoms with van der Waals surface area (Å²) in [6.45, 7) is 0. The van der Waals surface area contributed by atoms with Crippen LogP contribution in [0, 0.1) is 0 Å². The fourth-order valence-corrected chi connectivity index (χ4v) is 3.69. The minimum atomic E-state index is -4.65. The Labute approximate surface area is 177 Å². The Morgan fingerprint density at radius 3 is 2.65 bits per heavy atom. The minimum Gasteiger partial charge on any atom is -0.431 e. The van der Waals surface area contributed by atoms with E-state index in [-0.39, 0.29) is 5.56 Å². The van der Waals surface area contributed by atoms with Crippen molar-refractivity contribution in [3.05, 3.63) is 87.8 Å². The molecule has 0 spiro atoms. The van der Waals surface area contributed by atoms with Crippen LogP contribution in [-0.2, 0) is 11.9 Å². The Balaban J connectivity index is 1.54. The summed E-state index contributed by atoms with van der Waals surface area (Å²) in [6, 6.07) is 14.5. The maximum Gasteiger partial charge on any atom is 0.417 e. The van der Waals surface area contributed by atoms with E-state index in [1.165, 1.54) is 17.8 Å². The number of nitrogens with one attached hydrogen (secondary N) is 2. The molecule has 0 fully saturated rings. The van der Waals surface area contributed by atoms with Crippen LogP contribution in [0.4, 0.5) is 18.9 Å². The van der Waals surface area contributed by atoms with E-state index in [9.17, 15) is 22.8 Å². The summed E-state index contributed by atoms with van der Waals surface area (Å²) in [7, 11) is 0. The smallest absolute Gasteiger partial charge is 0.417 e. The molecule has 6 nitrogen and oxygen atoms in total. The first kappa shape index (κ1) is 20.7. The Bertz CT molecular complexity index is 1280. The average Bonchev–Trinajstić information content (AvgIpc) is 3.16. The SMILES string of the molecule is O=C(Nc1cc(C(F)(F)F)c[nH]c1=O)c1ccccc1CSc1nc2ccccc2o1. The van der Waals surface area contributed by atoms with Gasteiger partial charge < -0.3 is 14.7 Å². The molecule has 2 heterocycles. The van der Waals surface area contributed by atoms with E-state index in [0.717, 1.165) is 0 Å². The zero-order valence-corrected chi connectivity index (χ0v) is 16.5. The number of halogens is 3. The number of hydrogen-bond acceptors (Lipinski definition) is 5. The summed E-state index contributed by atoms with van der Waals surface area (Å²) in [5.74, 6) is -0.367. The number of fused-ring (bicyclic) bond motifs is 1. The summed E-state index contributed by atoms with van der Waals surface area (Å²) >= 11 is 1.27. The van der Waals surface area contributed by atoms with Crippen LogP contribution < -0.4 is 10.9 Å². The highest BCUT2D eigenvalue weighted by atomic mass is 32.2. The predicted molar refractivity (Wildman–Crippen MR) is 110 cm³/mol. The number of anilines is 1. The summed E-state index contributed by atoms with van der Waals surface area (Å²) in [4.78, 5) is 30.9. The summed E-state index contributed by atoms with van der Waals surface area (Å²) < 4.78 is 44.4. The maximum absolute atomic E-state index is 12.9. The third-order valence-corrected chi connectivity index (χ3v) is 5.24. The number of hydrogen-bond donors (Lipinski definition) is 2. The standard InChI is InChI=1S/C21H14F3N3O3S/c22-21(23,24)13-9-16(19(29)25-10-13)26-18(28)14-6-2-1-5-12(14)11-31-20-27-15-7-3-4-8-17(15)30-20/h1-10H,11H2,(H,25,29)(H,26,28). The van der Waals surface area contributed by atoms with E-state index in [1.807, 2.05) is 23.2 Å². The molecule has 158 valence electrons. The van der Waals surface area contributed by atoms with Crippen molar-refractivity contribution in [3.63, 3.8) is 0 Å². The number of carbonyl (C=O) groups excluding carboxylic acids is 1. The zero-order chi connectivity index (χ0) is 22.0. The highest BCUT2D eigenvalue weighted by molar-refractivity contribution is 7.98. The number of alkyl halides is 3. The molecule has 0 aliphatic carbocycles. The summed E-state index contributed by atoms with van der Waals surface area (Å²) in [5.41, 5.74) is -0.207. The Kier molecular flexibility index (Phi) is 5.55. The first-order valence-corrected chi connectivity index (χ1v) is 9.97. The van der Waals surface area contributed by atoms with Gasteiger partial charge in [0.15, 0.2) is 5.58 Å². The predicted octanol–water partition coefficient (Wildman–Crippen LogP) is 5.08. The molecule has 1 amide bonds. The number of benzene rings is 2. The third kappa shape index (κ3) is 4.64. The first-order chi connectivity index (χ1) is 14.8. The molecule has 0 saturated heterocycles. The molecule has 10 heteroatoms. The van der Waals surface area contributed by atoms with E-state index in [1.54, 1.807) is 24.3 Å². The number of thioether (sulfide) groups is 1. The van der Waals surface area contributed by atoms with Crippen molar-refractivity contribution in [1.29, 1.82) is 0 Å². The van der Waals surface area contributed by atoms with E-state index < -0.39 is 28.9 Å². The average molecular weight is 445 g/mol. The van der Waals surface area contributed by atoms with Gasteiger partial charge in [0, 0.05) is 17.5 Å². The van der Waals surface area contributed by atoms with Crippen LogP contribution in [0.2, 0.25) is 0 Å². The molecule has 0 unspecified atom stereocenters. The van der Waals surface area contributed by atoms with Crippen molar-refractivity contribution < 1.29 is 22.4 Å². The summed E-state index contributed by atoms with van der Waals surface area (Å²) in [6.07, 6.45) is -4.10. The van der Waals surface area contributed by atoms with Gasteiger partial charge >= 0.3 is 6.18 Å². The van der Waals surface area contributed by atoms with E-state index in [2.05, 4.69) is 10.3 Å². The number of aromatic nitrogens is 2. The number of amides is 1. The number of oxazole rings is 1. The van der Waals surface area contributed by atoms with Crippen molar-refractivity contribution in [1.82, 2.24) is 9.97 Å². The second-order valence-corrected chi connectivity index (χ2v) is 7.40. The number of nitrogens with zero attached hydrogens (tertiary/aromatic N) is 1. The van der Waals surface area contributed by atoms with Crippen LogP contribution in [0.5, 0.6) is 0 Å². The Hall–Kier alpha value is -3.53. The topological polar surface area (TPSA) is 88.0 Å². The molecule has 0 aliphatic heterocycles. The van der Waals surface area contributed by atoms with Crippen molar-refractivity contribution in [3.8, 4) is 0 Å². The van der Waals surface area contributed by atoms with Gasteiger partial charge in [0.25, 0.3) is 16.7 Å². The third-order valence-electron chi connectivity index (χ3n) is 4.37. The molecule has 31 heavy (non-hydrogen) atoms. The number of H-pyrrole nitrogens is 1. The minimum absolute atomic E-state index is 0.225. The lowest BCUT2D eigenvalue weighted by atomic mass is 10.1. The lowest BCUT2D eigenvalue weighted by Gasteiger charge is -2.11. The van der Waals surface area contributed by atoms with Gasteiger partial charge in [0.05, 0.1) is 5.56 Å². The lowest BCUT2D eigenvalue weighted by molar-refractivity contribution is -0.137. The Morgan fingerprint density at radius 1 is 1.13 bits per heavy atom. The van der Waals surface area contributed by atoms with Gasteiger partial charge in [0.2, 0.25) is 0 Å². The zero-order valence-electron chi connectivity index (χ0n) is 15.7. The first-order valence-electron chi connectivity index (χ1n) is 8.99. The fraction of sp³-hybridized carbons (Fsp3) is 0.0952. The molecule has 4 rings (SSSR count). The quantitative estimate of drug-likeness (QED) is 0.419. The van der Waals surface area contributed by atoms with Crippen molar-refractivity contribution >= 4 is 34.5 Å². The van der Waals surface area contributed by atoms with Gasteiger partial charge in [-0.2, -0.15) is 13.2 Å². The molecule has 0 aliphatic rings. The molecular formula is C21H14F3N3O3S. The highest BCUT2D eigenvalue weighted by Crippen LogP contribution is 2.30. The van der Waals surface area contributed by atoms with Crippen LogP contribution in [0.3, 0.4) is 0 Å². The highest BCUT2D eigenvalue weighted by Gasteiger charge is 2.31. The van der Waals surface area contributed by atoms with Crippen LogP contribution in [0.15, 0.2) is 75.2 Å². The van der Waals surface area contributed by atoms with Crippen LogP contribution in [-0.4, -0.2) is 15.9 Å². The molecule has 0 atom stereocenters. The number of pyridine rings is 1.